The van der Waals surface area contributed by atoms with Gasteiger partial charge in [0.2, 0.25) is 0 Å². The summed E-state index contributed by atoms with van der Waals surface area (Å²) in [6.45, 7) is 1.41. The minimum Gasteiger partial charge on any atom is -0.494 e. The Balaban J connectivity index is 1.88. The molecule has 0 radical (unpaired) electrons. The number of ketones is 1. The van der Waals surface area contributed by atoms with Crippen LogP contribution in [-0.2, 0) is 10.3 Å². The van der Waals surface area contributed by atoms with E-state index in [0.717, 1.165) is 17.4 Å². The maximum Gasteiger partial charge on any atom is 0.325 e. The van der Waals surface area contributed by atoms with Crippen molar-refractivity contribution in [2.24, 2.45) is 0 Å². The van der Waals surface area contributed by atoms with E-state index in [1.807, 2.05) is 6.92 Å². The van der Waals surface area contributed by atoms with Gasteiger partial charge >= 0.3 is 6.03 Å². The van der Waals surface area contributed by atoms with Crippen molar-refractivity contribution >= 4 is 17.7 Å². The summed E-state index contributed by atoms with van der Waals surface area (Å²) < 4.78 is 32.1. The number of halogens is 2. The number of benzene rings is 2. The van der Waals surface area contributed by atoms with E-state index in [1.165, 1.54) is 43.5 Å². The first-order valence-corrected chi connectivity index (χ1v) is 9.59. The highest BCUT2D eigenvalue weighted by Gasteiger charge is 2.52. The Morgan fingerprint density at radius 3 is 2.43 bits per heavy atom. The van der Waals surface area contributed by atoms with E-state index in [-0.39, 0.29) is 11.3 Å². The molecule has 0 unspecified atom stereocenters. The summed E-state index contributed by atoms with van der Waals surface area (Å²) in [5, 5.41) is 2.69. The molecule has 1 saturated heterocycles. The Kier molecular flexibility index (Phi) is 6.14. The zero-order valence-corrected chi connectivity index (χ0v) is 16.7. The van der Waals surface area contributed by atoms with Gasteiger partial charge in [-0.3, -0.25) is 14.5 Å². The number of nitrogens with zero attached hydrogens (tertiary/aromatic N) is 1. The number of imide groups is 1. The van der Waals surface area contributed by atoms with Gasteiger partial charge < -0.3 is 10.1 Å². The second kappa shape index (κ2) is 8.61. The summed E-state index contributed by atoms with van der Waals surface area (Å²) in [5.74, 6) is -2.38. The fraction of sp³-hybridized carbons (Fsp3) is 0.318. The van der Waals surface area contributed by atoms with Gasteiger partial charge in [0.25, 0.3) is 5.91 Å². The molecular formula is C22H22F2N2O4. The maximum atomic E-state index is 13.9. The summed E-state index contributed by atoms with van der Waals surface area (Å²) in [6, 6.07) is 8.30. The first kappa shape index (κ1) is 21.4. The van der Waals surface area contributed by atoms with Crippen molar-refractivity contribution < 1.29 is 27.9 Å². The van der Waals surface area contributed by atoms with Crippen LogP contribution in [0.25, 0.3) is 0 Å². The smallest absolute Gasteiger partial charge is 0.325 e. The Hall–Kier alpha value is -3.29. The molecule has 158 valence electrons. The lowest BCUT2D eigenvalue weighted by Gasteiger charge is -2.27. The monoisotopic (exact) mass is 416 g/mol. The number of hydrogen-bond acceptors (Lipinski definition) is 4. The Labute approximate surface area is 172 Å². The summed E-state index contributed by atoms with van der Waals surface area (Å²) in [6.07, 6.45) is 1.71. The van der Waals surface area contributed by atoms with Gasteiger partial charge in [-0.25, -0.2) is 13.6 Å². The molecule has 6 nitrogen and oxygen atoms in total. The Morgan fingerprint density at radius 2 is 1.83 bits per heavy atom. The number of methoxy groups -OCH3 is 1. The molecule has 8 heteroatoms. The second-order valence-electron chi connectivity index (χ2n) is 7.11. The van der Waals surface area contributed by atoms with E-state index in [1.54, 1.807) is 0 Å². The standard InChI is InChI=1S/C22H22F2N2O4/c1-3-4-11-22(15-6-8-16(23)9-7-15)20(28)26(21(29)25-22)13-18(27)14-5-10-19(30-2)17(24)12-14/h5-10,12H,3-4,11,13H2,1-2H3,(H,25,29)/t22-/m0/s1. The van der Waals surface area contributed by atoms with Crippen molar-refractivity contribution in [2.45, 2.75) is 31.7 Å². The number of ether oxygens (including phenoxy) is 1. The van der Waals surface area contributed by atoms with Crippen LogP contribution in [0, 0.1) is 11.6 Å². The van der Waals surface area contributed by atoms with Crippen LogP contribution in [0.5, 0.6) is 5.75 Å². The predicted octanol–water partition coefficient (Wildman–Crippen LogP) is 3.79. The molecule has 1 aliphatic rings. The molecule has 30 heavy (non-hydrogen) atoms. The number of carbonyl (C=O) groups is 3. The van der Waals surface area contributed by atoms with E-state index < -0.39 is 41.4 Å². The third-order valence-corrected chi connectivity index (χ3v) is 5.19. The van der Waals surface area contributed by atoms with Crippen LogP contribution in [0.3, 0.4) is 0 Å². The van der Waals surface area contributed by atoms with Crippen LogP contribution in [0.15, 0.2) is 42.5 Å². The predicted molar refractivity (Wildman–Crippen MR) is 105 cm³/mol. The van der Waals surface area contributed by atoms with Crippen molar-refractivity contribution in [1.82, 2.24) is 10.2 Å². The summed E-state index contributed by atoms with van der Waals surface area (Å²) in [7, 11) is 1.30. The topological polar surface area (TPSA) is 75.7 Å². The largest absolute Gasteiger partial charge is 0.494 e. The van der Waals surface area contributed by atoms with E-state index in [2.05, 4.69) is 5.32 Å². The minimum atomic E-state index is -1.37. The third-order valence-electron chi connectivity index (χ3n) is 5.19. The lowest BCUT2D eigenvalue weighted by atomic mass is 9.84. The van der Waals surface area contributed by atoms with Crippen LogP contribution in [0.4, 0.5) is 13.6 Å². The highest BCUT2D eigenvalue weighted by Crippen LogP contribution is 2.34. The van der Waals surface area contributed by atoms with E-state index in [4.69, 9.17) is 4.74 Å². The molecule has 0 spiro atoms. The highest BCUT2D eigenvalue weighted by molar-refractivity contribution is 6.11. The first-order valence-electron chi connectivity index (χ1n) is 9.59. The molecule has 1 heterocycles. The number of amides is 3. The number of unbranched alkanes of at least 4 members (excludes halogenated alkanes) is 1. The summed E-state index contributed by atoms with van der Waals surface area (Å²) in [5.41, 5.74) is -0.908. The van der Waals surface area contributed by atoms with Gasteiger partial charge in [-0.05, 0) is 42.3 Å². The second-order valence-corrected chi connectivity index (χ2v) is 7.11. The fourth-order valence-corrected chi connectivity index (χ4v) is 3.53. The quantitative estimate of drug-likeness (QED) is 0.525. The van der Waals surface area contributed by atoms with E-state index in [9.17, 15) is 23.2 Å². The SMILES string of the molecule is CCCC[C@@]1(c2ccc(F)cc2)NC(=O)N(CC(=O)c2ccc(OC)c(F)c2)C1=O. The van der Waals surface area contributed by atoms with Crippen molar-refractivity contribution in [3.05, 3.63) is 65.2 Å². The van der Waals surface area contributed by atoms with Crippen LogP contribution >= 0.6 is 0 Å². The number of carbonyl (C=O) groups excluding carboxylic acids is 3. The highest BCUT2D eigenvalue weighted by atomic mass is 19.1. The van der Waals surface area contributed by atoms with Gasteiger partial charge in [-0.2, -0.15) is 0 Å². The Morgan fingerprint density at radius 1 is 1.13 bits per heavy atom. The lowest BCUT2D eigenvalue weighted by molar-refractivity contribution is -0.131. The van der Waals surface area contributed by atoms with E-state index >= 15 is 0 Å². The average molecular weight is 416 g/mol. The summed E-state index contributed by atoms with van der Waals surface area (Å²) >= 11 is 0. The first-order chi connectivity index (χ1) is 14.3. The van der Waals surface area contributed by atoms with E-state index in [0.29, 0.717) is 18.4 Å². The number of urea groups is 1. The number of rotatable bonds is 8. The molecule has 3 rings (SSSR count). The van der Waals surface area contributed by atoms with Gasteiger partial charge in [0, 0.05) is 5.56 Å². The lowest BCUT2D eigenvalue weighted by Crippen LogP contribution is -2.44. The maximum absolute atomic E-state index is 13.9. The zero-order valence-electron chi connectivity index (χ0n) is 16.7. The third kappa shape index (κ3) is 3.90. The molecule has 3 amide bonds. The van der Waals surface area contributed by atoms with Crippen molar-refractivity contribution in [1.29, 1.82) is 0 Å². The van der Waals surface area contributed by atoms with Crippen LogP contribution in [0.1, 0.15) is 42.1 Å². The van der Waals surface area contributed by atoms with Gasteiger partial charge in [-0.1, -0.05) is 31.9 Å². The molecule has 2 aromatic carbocycles. The van der Waals surface area contributed by atoms with Gasteiger partial charge in [0.15, 0.2) is 17.3 Å². The van der Waals surface area contributed by atoms with Gasteiger partial charge in [-0.15, -0.1) is 0 Å². The summed E-state index contributed by atoms with van der Waals surface area (Å²) in [4.78, 5) is 39.3. The Bertz CT molecular complexity index is 978. The molecule has 0 bridgehead atoms. The number of hydrogen-bond donors (Lipinski definition) is 1. The van der Waals surface area contributed by atoms with Gasteiger partial charge in [0.1, 0.15) is 11.4 Å². The van der Waals surface area contributed by atoms with Crippen molar-refractivity contribution in [3.8, 4) is 5.75 Å². The average Bonchev–Trinajstić information content (AvgIpc) is 2.97. The van der Waals surface area contributed by atoms with Crippen LogP contribution in [-0.4, -0.2) is 36.3 Å². The molecule has 1 N–H and O–H groups in total. The van der Waals surface area contributed by atoms with Crippen molar-refractivity contribution in [2.75, 3.05) is 13.7 Å². The number of Topliss-reactive ketones (excluding diaryl/α,β-unsaturated/α-hetero) is 1. The van der Waals surface area contributed by atoms with Crippen LogP contribution in [0.2, 0.25) is 0 Å². The van der Waals surface area contributed by atoms with Crippen LogP contribution < -0.4 is 10.1 Å². The van der Waals surface area contributed by atoms with Crippen molar-refractivity contribution in [3.63, 3.8) is 0 Å². The molecule has 2 aromatic rings. The molecule has 0 aromatic heterocycles. The molecule has 1 aliphatic heterocycles. The van der Waals surface area contributed by atoms with Gasteiger partial charge in [0.05, 0.1) is 13.7 Å². The normalized spacial score (nSPS) is 18.5. The molecule has 1 atom stereocenters. The molecule has 0 saturated carbocycles. The zero-order chi connectivity index (χ0) is 21.9. The molecule has 0 aliphatic carbocycles. The fourth-order valence-electron chi connectivity index (χ4n) is 3.53. The molecular weight excluding hydrogens is 394 g/mol. The number of nitrogens with one attached hydrogen (secondary N) is 1. The molecule has 1 fully saturated rings. The minimum absolute atomic E-state index is 0.0155.